The van der Waals surface area contributed by atoms with Crippen LogP contribution >= 0.6 is 0 Å². The molecule has 1 aromatic rings. The summed E-state index contributed by atoms with van der Waals surface area (Å²) in [5.41, 5.74) is 0.838. The highest BCUT2D eigenvalue weighted by molar-refractivity contribution is 7.88. The van der Waals surface area contributed by atoms with Crippen molar-refractivity contribution in [3.05, 3.63) is 35.9 Å². The number of aliphatic hydroxyl groups excluding tert-OH is 1. The second-order valence-electron chi connectivity index (χ2n) is 5.93. The van der Waals surface area contributed by atoms with Gasteiger partial charge in [0.1, 0.15) is 0 Å². The predicted molar refractivity (Wildman–Crippen MR) is 88.0 cm³/mol. The molecule has 5 nitrogen and oxygen atoms in total. The number of benzene rings is 1. The Morgan fingerprint density at radius 2 is 1.86 bits per heavy atom. The van der Waals surface area contributed by atoms with E-state index in [0.29, 0.717) is 19.1 Å². The van der Waals surface area contributed by atoms with Gasteiger partial charge in [0.25, 0.3) is 0 Å². The first kappa shape index (κ1) is 17.4. The number of piperidine rings is 1. The largest absolute Gasteiger partial charge is 0.396 e. The molecular weight excluding hydrogens is 300 g/mol. The summed E-state index contributed by atoms with van der Waals surface area (Å²) in [7, 11) is -1.18. The number of nitrogens with zero attached hydrogens (tertiary/aromatic N) is 2. The average Bonchev–Trinajstić information content (AvgIpc) is 2.53. The molecule has 1 aliphatic heterocycles. The lowest BCUT2D eigenvalue weighted by Gasteiger charge is -2.36. The minimum atomic E-state index is -3.23. The fourth-order valence-electron chi connectivity index (χ4n) is 2.94. The molecule has 0 aromatic heterocycles. The van der Waals surface area contributed by atoms with Gasteiger partial charge in [0.05, 0.1) is 5.75 Å². The summed E-state index contributed by atoms with van der Waals surface area (Å²) in [5.74, 6) is 0.0822. The van der Waals surface area contributed by atoms with Gasteiger partial charge in [0, 0.05) is 32.3 Å². The standard InChI is InChI=1S/C16H26N2O3S/c1-17(10-5-13-19)16-8-11-18(12-9-16)22(20,21)14-15-6-3-2-4-7-15/h2-4,6-7,16,19H,5,8-14H2,1H3. The van der Waals surface area contributed by atoms with E-state index in [1.54, 1.807) is 4.31 Å². The fraction of sp³-hybridized carbons (Fsp3) is 0.625. The van der Waals surface area contributed by atoms with Crippen molar-refractivity contribution >= 4 is 10.0 Å². The van der Waals surface area contributed by atoms with Gasteiger partial charge in [-0.1, -0.05) is 30.3 Å². The van der Waals surface area contributed by atoms with Crippen LogP contribution in [0.3, 0.4) is 0 Å². The summed E-state index contributed by atoms with van der Waals surface area (Å²) in [6.45, 7) is 2.24. The number of hydrogen-bond acceptors (Lipinski definition) is 4. The number of sulfonamides is 1. The third kappa shape index (κ3) is 4.78. The first-order chi connectivity index (χ1) is 10.5. The van der Waals surface area contributed by atoms with Crippen LogP contribution in [0.2, 0.25) is 0 Å². The fourth-order valence-corrected chi connectivity index (χ4v) is 4.50. The maximum atomic E-state index is 12.5. The topological polar surface area (TPSA) is 60.9 Å². The van der Waals surface area contributed by atoms with Gasteiger partial charge in [-0.2, -0.15) is 0 Å². The molecule has 0 bridgehead atoms. The van der Waals surface area contributed by atoms with Gasteiger partial charge in [-0.15, -0.1) is 0 Å². The molecule has 0 atom stereocenters. The number of hydrogen-bond donors (Lipinski definition) is 1. The molecule has 6 heteroatoms. The summed E-state index contributed by atoms with van der Waals surface area (Å²) >= 11 is 0. The molecule has 0 amide bonds. The van der Waals surface area contributed by atoms with E-state index in [2.05, 4.69) is 11.9 Å². The van der Waals surface area contributed by atoms with E-state index in [0.717, 1.165) is 31.4 Å². The van der Waals surface area contributed by atoms with E-state index in [1.807, 2.05) is 30.3 Å². The Morgan fingerprint density at radius 3 is 2.45 bits per heavy atom. The highest BCUT2D eigenvalue weighted by atomic mass is 32.2. The summed E-state index contributed by atoms with van der Waals surface area (Å²) in [6.07, 6.45) is 2.48. The Kier molecular flexibility index (Phi) is 6.37. The lowest BCUT2D eigenvalue weighted by molar-refractivity contribution is 0.155. The summed E-state index contributed by atoms with van der Waals surface area (Å²) in [4.78, 5) is 2.23. The average molecular weight is 326 g/mol. The SMILES string of the molecule is CN(CCCO)C1CCN(S(=O)(=O)Cc2ccccc2)CC1. The third-order valence-electron chi connectivity index (χ3n) is 4.30. The Hall–Kier alpha value is -0.950. The first-order valence-electron chi connectivity index (χ1n) is 7.86. The summed E-state index contributed by atoms with van der Waals surface area (Å²) in [5, 5.41) is 8.89. The summed E-state index contributed by atoms with van der Waals surface area (Å²) < 4.78 is 26.6. The molecular formula is C16H26N2O3S. The quantitative estimate of drug-likeness (QED) is 0.820. The van der Waals surface area contributed by atoms with Crippen molar-refractivity contribution in [1.82, 2.24) is 9.21 Å². The van der Waals surface area contributed by atoms with Crippen molar-refractivity contribution < 1.29 is 13.5 Å². The molecule has 0 unspecified atom stereocenters. The molecule has 1 N–H and O–H groups in total. The lowest BCUT2D eigenvalue weighted by atomic mass is 10.1. The molecule has 1 saturated heterocycles. The van der Waals surface area contributed by atoms with E-state index in [4.69, 9.17) is 5.11 Å². The first-order valence-corrected chi connectivity index (χ1v) is 9.46. The van der Waals surface area contributed by atoms with Crippen molar-refractivity contribution in [1.29, 1.82) is 0 Å². The lowest BCUT2D eigenvalue weighted by Crippen LogP contribution is -2.46. The van der Waals surface area contributed by atoms with Gasteiger partial charge in [0.2, 0.25) is 10.0 Å². The Balaban J connectivity index is 1.88. The van der Waals surface area contributed by atoms with E-state index >= 15 is 0 Å². The molecule has 0 saturated carbocycles. The molecule has 1 aromatic carbocycles. The van der Waals surface area contributed by atoms with E-state index in [9.17, 15) is 8.42 Å². The van der Waals surface area contributed by atoms with Crippen molar-refractivity contribution in [2.75, 3.05) is 33.3 Å². The second kappa shape index (κ2) is 8.06. The van der Waals surface area contributed by atoms with Crippen LogP contribution in [-0.4, -0.2) is 62.1 Å². The van der Waals surface area contributed by atoms with Gasteiger partial charge in [-0.05, 0) is 31.9 Å². The minimum absolute atomic E-state index is 0.0822. The molecule has 1 aliphatic rings. The van der Waals surface area contributed by atoms with Crippen LogP contribution in [0.25, 0.3) is 0 Å². The predicted octanol–water partition coefficient (Wildman–Crippen LogP) is 1.29. The summed E-state index contributed by atoms with van der Waals surface area (Å²) in [6, 6.07) is 9.75. The van der Waals surface area contributed by atoms with Crippen LogP contribution in [-0.2, 0) is 15.8 Å². The zero-order chi connectivity index (χ0) is 16.0. The molecule has 0 radical (unpaired) electrons. The Morgan fingerprint density at radius 1 is 1.23 bits per heavy atom. The molecule has 22 heavy (non-hydrogen) atoms. The Bertz CT molecular complexity index is 540. The molecule has 1 heterocycles. The molecule has 1 fully saturated rings. The van der Waals surface area contributed by atoms with Gasteiger partial charge < -0.3 is 10.0 Å². The van der Waals surface area contributed by atoms with Crippen molar-refractivity contribution in [3.8, 4) is 0 Å². The molecule has 0 spiro atoms. The molecule has 2 rings (SSSR count). The third-order valence-corrected chi connectivity index (χ3v) is 6.15. The maximum absolute atomic E-state index is 12.5. The Labute approximate surface area is 133 Å². The number of aliphatic hydroxyl groups is 1. The van der Waals surface area contributed by atoms with Crippen molar-refractivity contribution in [2.45, 2.75) is 31.1 Å². The van der Waals surface area contributed by atoms with Crippen LogP contribution in [0, 0.1) is 0 Å². The van der Waals surface area contributed by atoms with Crippen LogP contribution in [0.1, 0.15) is 24.8 Å². The zero-order valence-corrected chi connectivity index (χ0v) is 14.0. The second-order valence-corrected chi connectivity index (χ2v) is 7.90. The van der Waals surface area contributed by atoms with E-state index < -0.39 is 10.0 Å². The number of rotatable bonds is 7. The van der Waals surface area contributed by atoms with E-state index in [1.165, 1.54) is 0 Å². The van der Waals surface area contributed by atoms with Crippen LogP contribution in [0.15, 0.2) is 30.3 Å². The smallest absolute Gasteiger partial charge is 0.218 e. The van der Waals surface area contributed by atoms with E-state index in [-0.39, 0.29) is 12.4 Å². The minimum Gasteiger partial charge on any atom is -0.396 e. The van der Waals surface area contributed by atoms with Crippen LogP contribution < -0.4 is 0 Å². The van der Waals surface area contributed by atoms with Gasteiger partial charge >= 0.3 is 0 Å². The monoisotopic (exact) mass is 326 g/mol. The molecule has 0 aliphatic carbocycles. The van der Waals surface area contributed by atoms with Gasteiger partial charge in [-0.25, -0.2) is 12.7 Å². The van der Waals surface area contributed by atoms with Crippen LogP contribution in [0.4, 0.5) is 0 Å². The van der Waals surface area contributed by atoms with Crippen molar-refractivity contribution in [2.24, 2.45) is 0 Å². The van der Waals surface area contributed by atoms with Gasteiger partial charge in [-0.3, -0.25) is 0 Å². The van der Waals surface area contributed by atoms with Gasteiger partial charge in [0.15, 0.2) is 0 Å². The normalized spacial score (nSPS) is 18.0. The zero-order valence-electron chi connectivity index (χ0n) is 13.2. The maximum Gasteiger partial charge on any atom is 0.218 e. The highest BCUT2D eigenvalue weighted by Gasteiger charge is 2.29. The van der Waals surface area contributed by atoms with Crippen molar-refractivity contribution in [3.63, 3.8) is 0 Å². The molecule has 124 valence electrons. The van der Waals surface area contributed by atoms with Crippen LogP contribution in [0.5, 0.6) is 0 Å². The highest BCUT2D eigenvalue weighted by Crippen LogP contribution is 2.20.